The second-order valence-corrected chi connectivity index (χ2v) is 8.82. The molecule has 2 amide bonds. The molecule has 0 aromatic heterocycles. The molecule has 7 nitrogen and oxygen atoms in total. The van der Waals surface area contributed by atoms with Gasteiger partial charge in [-0.15, -0.1) is 0 Å². The van der Waals surface area contributed by atoms with Gasteiger partial charge in [0.05, 0.1) is 6.04 Å². The molecule has 0 spiro atoms. The third-order valence-corrected chi connectivity index (χ3v) is 6.07. The predicted molar refractivity (Wildman–Crippen MR) is 130 cm³/mol. The van der Waals surface area contributed by atoms with E-state index in [4.69, 9.17) is 0 Å². The van der Waals surface area contributed by atoms with E-state index in [1.807, 2.05) is 46.1 Å². The summed E-state index contributed by atoms with van der Waals surface area (Å²) in [6.07, 6.45) is 0. The fourth-order valence-electron chi connectivity index (χ4n) is 3.99. The highest BCUT2D eigenvalue weighted by Crippen LogP contribution is 2.24. The molecule has 1 fully saturated rings. The summed E-state index contributed by atoms with van der Waals surface area (Å²) in [5.41, 5.74) is 4.96. The molecule has 1 atom stereocenters. The van der Waals surface area contributed by atoms with Crippen LogP contribution in [-0.2, 0) is 9.59 Å². The topological polar surface area (TPSA) is 67.9 Å². The van der Waals surface area contributed by atoms with Crippen molar-refractivity contribution in [1.29, 1.82) is 0 Å². The van der Waals surface area contributed by atoms with E-state index in [0.29, 0.717) is 12.2 Å². The van der Waals surface area contributed by atoms with Crippen LogP contribution >= 0.6 is 0 Å². The van der Waals surface area contributed by atoms with Crippen molar-refractivity contribution in [2.45, 2.75) is 19.9 Å². The quantitative estimate of drug-likeness (QED) is 0.680. The first-order valence-corrected chi connectivity index (χ1v) is 11.1. The maximum Gasteiger partial charge on any atom is 0.313 e. The Morgan fingerprint density at radius 1 is 0.969 bits per heavy atom. The summed E-state index contributed by atoms with van der Waals surface area (Å²) in [7, 11) is 6.15. The predicted octanol–water partition coefficient (Wildman–Crippen LogP) is 2.41. The number of piperazine rings is 1. The Morgan fingerprint density at radius 3 is 2.22 bits per heavy atom. The molecular weight excluding hydrogens is 402 g/mol. The minimum absolute atomic E-state index is 0.0118. The molecule has 1 saturated heterocycles. The third-order valence-electron chi connectivity index (χ3n) is 6.07. The van der Waals surface area contributed by atoms with E-state index in [-0.39, 0.29) is 6.04 Å². The Bertz CT molecular complexity index is 934. The Hall–Kier alpha value is -2.90. The zero-order valence-corrected chi connectivity index (χ0v) is 19.8. The number of benzene rings is 2. The first kappa shape index (κ1) is 23.8. The first-order valence-electron chi connectivity index (χ1n) is 11.1. The molecule has 1 aliphatic heterocycles. The highest BCUT2D eigenvalue weighted by atomic mass is 16.2. The number of nitrogens with zero attached hydrogens (tertiary/aromatic N) is 3. The minimum atomic E-state index is -0.642. The summed E-state index contributed by atoms with van der Waals surface area (Å²) in [5, 5.41) is 5.59. The molecular formula is C25H35N5O2. The maximum absolute atomic E-state index is 12.6. The van der Waals surface area contributed by atoms with Crippen molar-refractivity contribution in [3.8, 4) is 0 Å². The van der Waals surface area contributed by atoms with E-state index < -0.39 is 11.8 Å². The smallest absolute Gasteiger partial charge is 0.313 e. The lowest BCUT2D eigenvalue weighted by Crippen LogP contribution is -2.49. The number of carbonyl (C=O) groups excluding carboxylic acids is 2. The van der Waals surface area contributed by atoms with Crippen molar-refractivity contribution >= 4 is 23.2 Å². The molecule has 3 rings (SSSR count). The van der Waals surface area contributed by atoms with Crippen LogP contribution in [0.5, 0.6) is 0 Å². The van der Waals surface area contributed by atoms with Gasteiger partial charge in [0.25, 0.3) is 0 Å². The van der Waals surface area contributed by atoms with Crippen molar-refractivity contribution in [1.82, 2.24) is 15.1 Å². The number of anilines is 2. The molecule has 1 aliphatic rings. The van der Waals surface area contributed by atoms with Crippen molar-refractivity contribution in [3.63, 3.8) is 0 Å². The van der Waals surface area contributed by atoms with Gasteiger partial charge in [0.15, 0.2) is 0 Å². The number of hydrogen-bond acceptors (Lipinski definition) is 5. The van der Waals surface area contributed by atoms with Crippen molar-refractivity contribution in [2.24, 2.45) is 0 Å². The maximum atomic E-state index is 12.6. The third kappa shape index (κ3) is 6.08. The van der Waals surface area contributed by atoms with E-state index in [9.17, 15) is 9.59 Å². The van der Waals surface area contributed by atoms with Crippen molar-refractivity contribution in [3.05, 3.63) is 59.2 Å². The van der Waals surface area contributed by atoms with E-state index in [1.165, 1.54) is 0 Å². The summed E-state index contributed by atoms with van der Waals surface area (Å²) < 4.78 is 0. The lowest BCUT2D eigenvalue weighted by Gasteiger charge is -2.38. The van der Waals surface area contributed by atoms with Crippen LogP contribution < -0.4 is 15.5 Å². The van der Waals surface area contributed by atoms with Gasteiger partial charge in [-0.2, -0.15) is 0 Å². The average Bonchev–Trinajstić information content (AvgIpc) is 2.77. The average molecular weight is 438 g/mol. The molecule has 0 unspecified atom stereocenters. The Morgan fingerprint density at radius 2 is 1.62 bits per heavy atom. The number of amides is 2. The van der Waals surface area contributed by atoms with Crippen LogP contribution in [0.3, 0.4) is 0 Å². The molecule has 0 aliphatic carbocycles. The molecule has 7 heteroatoms. The van der Waals surface area contributed by atoms with Crippen LogP contribution in [-0.4, -0.2) is 75.5 Å². The van der Waals surface area contributed by atoms with E-state index in [2.05, 4.69) is 56.6 Å². The van der Waals surface area contributed by atoms with Gasteiger partial charge in [-0.25, -0.2) is 0 Å². The standard InChI is InChI=1S/C25H35N5O2/c1-18-6-11-22(19(2)16-18)27-25(32)24(31)26-17-23(30-14-12-29(5)13-15-30)20-7-9-21(10-8-20)28(3)4/h6-11,16,23H,12-15,17H2,1-5H3,(H,26,31)(H,27,32)/t23-/m0/s1. The van der Waals surface area contributed by atoms with Gasteiger partial charge < -0.3 is 20.4 Å². The van der Waals surface area contributed by atoms with Gasteiger partial charge in [-0.05, 0) is 50.2 Å². The fraction of sp³-hybridized carbons (Fsp3) is 0.440. The summed E-state index contributed by atoms with van der Waals surface area (Å²) in [4.78, 5) is 31.8. The van der Waals surface area contributed by atoms with Crippen LogP contribution in [0.25, 0.3) is 0 Å². The number of aryl methyl sites for hydroxylation is 2. The lowest BCUT2D eigenvalue weighted by molar-refractivity contribution is -0.136. The molecule has 0 saturated carbocycles. The zero-order chi connectivity index (χ0) is 23.3. The van der Waals surface area contributed by atoms with Gasteiger partial charge in [0, 0.05) is 58.2 Å². The number of nitrogens with one attached hydrogen (secondary N) is 2. The molecule has 172 valence electrons. The van der Waals surface area contributed by atoms with Crippen LogP contribution in [0.15, 0.2) is 42.5 Å². The van der Waals surface area contributed by atoms with Gasteiger partial charge in [0.1, 0.15) is 0 Å². The first-order chi connectivity index (χ1) is 15.2. The van der Waals surface area contributed by atoms with Gasteiger partial charge in [0.2, 0.25) is 0 Å². The summed E-state index contributed by atoms with van der Waals surface area (Å²) in [5.74, 6) is -1.26. The zero-order valence-electron chi connectivity index (χ0n) is 19.8. The van der Waals surface area contributed by atoms with Crippen LogP contribution in [0.2, 0.25) is 0 Å². The SMILES string of the molecule is Cc1ccc(NC(=O)C(=O)NC[C@@H](c2ccc(N(C)C)cc2)N2CCN(C)CC2)c(C)c1. The van der Waals surface area contributed by atoms with Gasteiger partial charge in [-0.3, -0.25) is 14.5 Å². The minimum Gasteiger partial charge on any atom is -0.378 e. The monoisotopic (exact) mass is 437 g/mol. The summed E-state index contributed by atoms with van der Waals surface area (Å²) >= 11 is 0. The molecule has 2 aromatic rings. The second kappa shape index (κ2) is 10.6. The number of likely N-dealkylation sites (N-methyl/N-ethyl adjacent to an activating group) is 1. The molecule has 2 N–H and O–H groups in total. The summed E-state index contributed by atoms with van der Waals surface area (Å²) in [6.45, 7) is 8.09. The van der Waals surface area contributed by atoms with Crippen molar-refractivity contribution in [2.75, 3.05) is 64.1 Å². The van der Waals surface area contributed by atoms with Crippen LogP contribution in [0.4, 0.5) is 11.4 Å². The number of rotatable bonds is 6. The molecule has 1 heterocycles. The highest BCUT2D eigenvalue weighted by Gasteiger charge is 2.25. The van der Waals surface area contributed by atoms with E-state index in [1.54, 1.807) is 0 Å². The number of hydrogen-bond donors (Lipinski definition) is 2. The molecule has 0 radical (unpaired) electrons. The molecule has 32 heavy (non-hydrogen) atoms. The molecule has 0 bridgehead atoms. The van der Waals surface area contributed by atoms with E-state index >= 15 is 0 Å². The second-order valence-electron chi connectivity index (χ2n) is 8.82. The van der Waals surface area contributed by atoms with Crippen LogP contribution in [0.1, 0.15) is 22.7 Å². The Labute approximate surface area is 191 Å². The fourth-order valence-corrected chi connectivity index (χ4v) is 3.99. The Balaban J connectivity index is 1.68. The van der Waals surface area contributed by atoms with Crippen LogP contribution in [0, 0.1) is 13.8 Å². The molecule has 2 aromatic carbocycles. The lowest BCUT2D eigenvalue weighted by atomic mass is 10.0. The number of carbonyl (C=O) groups is 2. The summed E-state index contributed by atoms with van der Waals surface area (Å²) in [6, 6.07) is 14.1. The van der Waals surface area contributed by atoms with Gasteiger partial charge >= 0.3 is 11.8 Å². The largest absolute Gasteiger partial charge is 0.378 e. The Kier molecular flexibility index (Phi) is 7.88. The van der Waals surface area contributed by atoms with Crippen molar-refractivity contribution < 1.29 is 9.59 Å². The normalized spacial score (nSPS) is 15.8. The highest BCUT2D eigenvalue weighted by molar-refractivity contribution is 6.39. The van der Waals surface area contributed by atoms with E-state index in [0.717, 1.165) is 48.6 Å². The van der Waals surface area contributed by atoms with Gasteiger partial charge in [-0.1, -0.05) is 29.8 Å².